The number of halogens is 1. The molecule has 90 valence electrons. The van der Waals surface area contributed by atoms with Gasteiger partial charge in [-0.3, -0.25) is 9.67 Å². The molecule has 0 spiro atoms. The van der Waals surface area contributed by atoms with Crippen LogP contribution >= 0.6 is 15.9 Å². The highest BCUT2D eigenvalue weighted by molar-refractivity contribution is 9.10. The van der Waals surface area contributed by atoms with Crippen molar-refractivity contribution >= 4 is 15.9 Å². The molecule has 0 fully saturated rings. The molecule has 4 nitrogen and oxygen atoms in total. The summed E-state index contributed by atoms with van der Waals surface area (Å²) in [5, 5.41) is 14.5. The molecule has 1 atom stereocenters. The van der Waals surface area contributed by atoms with Crippen LogP contribution in [0.3, 0.4) is 0 Å². The normalized spacial score (nSPS) is 12.7. The fourth-order valence-corrected chi connectivity index (χ4v) is 2.27. The lowest BCUT2D eigenvalue weighted by molar-refractivity contribution is 0.202. The number of pyridine rings is 1. The SMILES string of the molecule is CCn1ncc(Br)c1C(O)c1cccc(C)n1. The Labute approximate surface area is 108 Å². The van der Waals surface area contributed by atoms with Crippen LogP contribution < -0.4 is 0 Å². The third kappa shape index (κ3) is 2.40. The summed E-state index contributed by atoms with van der Waals surface area (Å²) in [6.07, 6.45) is 0.935. The van der Waals surface area contributed by atoms with E-state index in [2.05, 4.69) is 26.0 Å². The van der Waals surface area contributed by atoms with Crippen molar-refractivity contribution in [2.75, 3.05) is 0 Å². The molecule has 2 rings (SSSR count). The largest absolute Gasteiger partial charge is 0.380 e. The Kier molecular flexibility index (Phi) is 3.59. The van der Waals surface area contributed by atoms with Gasteiger partial charge in [-0.15, -0.1) is 0 Å². The van der Waals surface area contributed by atoms with Crippen LogP contribution in [0.2, 0.25) is 0 Å². The summed E-state index contributed by atoms with van der Waals surface area (Å²) < 4.78 is 2.56. The van der Waals surface area contributed by atoms with Crippen LogP contribution in [0, 0.1) is 6.92 Å². The van der Waals surface area contributed by atoms with E-state index in [9.17, 15) is 5.11 Å². The monoisotopic (exact) mass is 295 g/mol. The van der Waals surface area contributed by atoms with Crippen LogP contribution in [0.4, 0.5) is 0 Å². The number of aliphatic hydroxyl groups is 1. The summed E-state index contributed by atoms with van der Waals surface area (Å²) in [5.41, 5.74) is 2.27. The first-order valence-corrected chi connectivity index (χ1v) is 6.25. The van der Waals surface area contributed by atoms with E-state index in [0.717, 1.165) is 15.9 Å². The van der Waals surface area contributed by atoms with Crippen molar-refractivity contribution < 1.29 is 5.11 Å². The van der Waals surface area contributed by atoms with Crippen molar-refractivity contribution in [2.45, 2.75) is 26.5 Å². The topological polar surface area (TPSA) is 50.9 Å². The van der Waals surface area contributed by atoms with Gasteiger partial charge in [-0.25, -0.2) is 0 Å². The van der Waals surface area contributed by atoms with Crippen molar-refractivity contribution in [3.05, 3.63) is 46.0 Å². The Hall–Kier alpha value is -1.20. The summed E-state index contributed by atoms with van der Waals surface area (Å²) in [5.74, 6) is 0. The number of nitrogens with zero attached hydrogens (tertiary/aromatic N) is 3. The van der Waals surface area contributed by atoms with Gasteiger partial charge in [0, 0.05) is 12.2 Å². The van der Waals surface area contributed by atoms with E-state index in [1.54, 1.807) is 10.9 Å². The maximum absolute atomic E-state index is 10.3. The van der Waals surface area contributed by atoms with Crippen LogP contribution in [0.1, 0.15) is 30.1 Å². The second-order valence-electron chi connectivity index (χ2n) is 3.80. The summed E-state index contributed by atoms with van der Waals surface area (Å²) >= 11 is 3.40. The first kappa shape index (κ1) is 12.3. The number of aliphatic hydroxyl groups excluding tert-OH is 1. The lowest BCUT2D eigenvalue weighted by atomic mass is 10.1. The second-order valence-corrected chi connectivity index (χ2v) is 4.65. The van der Waals surface area contributed by atoms with E-state index in [0.29, 0.717) is 12.2 Å². The molecule has 0 saturated carbocycles. The van der Waals surface area contributed by atoms with Gasteiger partial charge in [0.05, 0.1) is 22.1 Å². The van der Waals surface area contributed by atoms with Crippen molar-refractivity contribution in [1.82, 2.24) is 14.8 Å². The maximum atomic E-state index is 10.3. The third-order valence-corrected chi connectivity index (χ3v) is 3.19. The fourth-order valence-electron chi connectivity index (χ4n) is 1.75. The first-order valence-electron chi connectivity index (χ1n) is 5.46. The van der Waals surface area contributed by atoms with Crippen LogP contribution in [-0.2, 0) is 6.54 Å². The Morgan fingerprint density at radius 1 is 1.47 bits per heavy atom. The van der Waals surface area contributed by atoms with Gasteiger partial charge in [-0.2, -0.15) is 5.10 Å². The number of aromatic nitrogens is 3. The van der Waals surface area contributed by atoms with Crippen LogP contribution in [0.5, 0.6) is 0 Å². The van der Waals surface area contributed by atoms with Crippen LogP contribution in [-0.4, -0.2) is 19.9 Å². The smallest absolute Gasteiger partial charge is 0.139 e. The molecule has 0 aromatic carbocycles. The Morgan fingerprint density at radius 2 is 2.24 bits per heavy atom. The van der Waals surface area contributed by atoms with Gasteiger partial charge < -0.3 is 5.11 Å². The van der Waals surface area contributed by atoms with Crippen molar-refractivity contribution in [3.63, 3.8) is 0 Å². The molecule has 2 heterocycles. The summed E-state index contributed by atoms with van der Waals surface area (Å²) in [4.78, 5) is 4.33. The molecule has 0 aliphatic heterocycles. The zero-order valence-electron chi connectivity index (χ0n) is 9.76. The molecule has 0 aliphatic rings. The molecule has 5 heteroatoms. The highest BCUT2D eigenvalue weighted by atomic mass is 79.9. The summed E-state index contributed by atoms with van der Waals surface area (Å²) in [6.45, 7) is 4.60. The lowest BCUT2D eigenvalue weighted by Crippen LogP contribution is -2.11. The minimum Gasteiger partial charge on any atom is -0.380 e. The van der Waals surface area contributed by atoms with Gasteiger partial charge in [0.1, 0.15) is 6.10 Å². The second kappa shape index (κ2) is 4.98. The van der Waals surface area contributed by atoms with Gasteiger partial charge in [0.25, 0.3) is 0 Å². The summed E-state index contributed by atoms with van der Waals surface area (Å²) in [7, 11) is 0. The maximum Gasteiger partial charge on any atom is 0.139 e. The van der Waals surface area contributed by atoms with E-state index in [4.69, 9.17) is 0 Å². The first-order chi connectivity index (χ1) is 8.13. The van der Waals surface area contributed by atoms with Crippen LogP contribution in [0.25, 0.3) is 0 Å². The van der Waals surface area contributed by atoms with Crippen LogP contribution in [0.15, 0.2) is 28.9 Å². The number of rotatable bonds is 3. The molecule has 1 N–H and O–H groups in total. The molecule has 0 bridgehead atoms. The van der Waals surface area contributed by atoms with E-state index in [1.165, 1.54) is 0 Å². The highest BCUT2D eigenvalue weighted by Gasteiger charge is 2.20. The molecule has 2 aromatic heterocycles. The fraction of sp³-hybridized carbons (Fsp3) is 0.333. The summed E-state index contributed by atoms with van der Waals surface area (Å²) in [6, 6.07) is 5.61. The lowest BCUT2D eigenvalue weighted by Gasteiger charge is -2.13. The van der Waals surface area contributed by atoms with Crippen molar-refractivity contribution in [2.24, 2.45) is 0 Å². The Balaban J connectivity index is 2.43. The molecule has 0 amide bonds. The average molecular weight is 296 g/mol. The molecule has 17 heavy (non-hydrogen) atoms. The molecule has 1 unspecified atom stereocenters. The molecule has 0 aliphatic carbocycles. The van der Waals surface area contributed by atoms with Gasteiger partial charge in [-0.05, 0) is 41.9 Å². The molecule has 0 radical (unpaired) electrons. The number of hydrogen-bond donors (Lipinski definition) is 1. The quantitative estimate of drug-likeness (QED) is 0.946. The van der Waals surface area contributed by atoms with E-state index in [-0.39, 0.29) is 0 Å². The van der Waals surface area contributed by atoms with E-state index < -0.39 is 6.10 Å². The van der Waals surface area contributed by atoms with Gasteiger partial charge in [0.2, 0.25) is 0 Å². The molecular formula is C12H14BrN3O. The number of hydrogen-bond acceptors (Lipinski definition) is 3. The van der Waals surface area contributed by atoms with Gasteiger partial charge in [0.15, 0.2) is 0 Å². The van der Waals surface area contributed by atoms with Crippen molar-refractivity contribution in [3.8, 4) is 0 Å². The van der Waals surface area contributed by atoms with Crippen molar-refractivity contribution in [1.29, 1.82) is 0 Å². The minimum absolute atomic E-state index is 0.640. The van der Waals surface area contributed by atoms with Gasteiger partial charge >= 0.3 is 0 Å². The number of aryl methyl sites for hydroxylation is 2. The average Bonchev–Trinajstić information content (AvgIpc) is 2.69. The standard InChI is InChI=1S/C12H14BrN3O/c1-3-16-11(9(13)7-14-16)12(17)10-6-4-5-8(2)15-10/h4-7,12,17H,3H2,1-2H3. The van der Waals surface area contributed by atoms with E-state index >= 15 is 0 Å². The predicted octanol–water partition coefficient (Wildman–Crippen LogP) is 2.45. The molecule has 2 aromatic rings. The zero-order valence-corrected chi connectivity index (χ0v) is 11.3. The predicted molar refractivity (Wildman–Crippen MR) is 68.6 cm³/mol. The third-order valence-electron chi connectivity index (χ3n) is 2.58. The molecular weight excluding hydrogens is 282 g/mol. The molecule has 0 saturated heterocycles. The van der Waals surface area contributed by atoms with E-state index in [1.807, 2.05) is 32.0 Å². The zero-order chi connectivity index (χ0) is 12.4. The Morgan fingerprint density at radius 3 is 2.88 bits per heavy atom. The minimum atomic E-state index is -0.758. The Bertz CT molecular complexity index is 524. The van der Waals surface area contributed by atoms with Gasteiger partial charge in [-0.1, -0.05) is 6.07 Å². The highest BCUT2D eigenvalue weighted by Crippen LogP contribution is 2.27.